The Labute approximate surface area is 76.1 Å². The van der Waals surface area contributed by atoms with Crippen molar-refractivity contribution in [1.29, 1.82) is 0 Å². The van der Waals surface area contributed by atoms with Crippen LogP contribution in [0.2, 0.25) is 0 Å². The van der Waals surface area contributed by atoms with Gasteiger partial charge in [0, 0.05) is 0 Å². The standard InChI is InChI=1S/C9H21N3/c1-9(2,3)10-8(11(4)5)12(6)7/h1-7H3/p+1. The molecule has 3 nitrogen and oxygen atoms in total. The lowest BCUT2D eigenvalue weighted by atomic mass is 10.1. The molecule has 72 valence electrons. The maximum Gasteiger partial charge on any atom is 0.347 e. The molecule has 12 heavy (non-hydrogen) atoms. The molecule has 0 saturated heterocycles. The van der Waals surface area contributed by atoms with E-state index in [0.717, 1.165) is 5.96 Å². The van der Waals surface area contributed by atoms with Crippen LogP contribution >= 0.6 is 0 Å². The minimum Gasteiger partial charge on any atom is -0.273 e. The quantitative estimate of drug-likeness (QED) is 0.327. The lowest BCUT2D eigenvalue weighted by Crippen LogP contribution is -2.50. The molecular formula is C9H22N3+. The van der Waals surface area contributed by atoms with Crippen LogP contribution in [-0.4, -0.2) is 49.2 Å². The second-order valence-electron chi connectivity index (χ2n) is 4.49. The summed E-state index contributed by atoms with van der Waals surface area (Å²) in [5.74, 6) is 1.13. The van der Waals surface area contributed by atoms with Gasteiger partial charge < -0.3 is 0 Å². The van der Waals surface area contributed by atoms with Gasteiger partial charge in [0.2, 0.25) is 0 Å². The summed E-state index contributed by atoms with van der Waals surface area (Å²) < 4.78 is 2.07. The molecule has 0 aliphatic heterocycles. The van der Waals surface area contributed by atoms with E-state index in [1.165, 1.54) is 0 Å². The molecule has 0 aromatic heterocycles. The predicted octanol–water partition coefficient (Wildman–Crippen LogP) is 0.564. The minimum absolute atomic E-state index is 0.115. The molecular weight excluding hydrogens is 150 g/mol. The van der Waals surface area contributed by atoms with Crippen molar-refractivity contribution in [3.05, 3.63) is 0 Å². The average molecular weight is 172 g/mol. The highest BCUT2D eigenvalue weighted by Crippen LogP contribution is 1.98. The number of hydrogen-bond acceptors (Lipinski definition) is 0. The molecule has 0 amide bonds. The first-order valence-electron chi connectivity index (χ1n) is 4.24. The summed E-state index contributed by atoms with van der Waals surface area (Å²) in [5.41, 5.74) is 0.115. The zero-order valence-corrected chi connectivity index (χ0v) is 9.39. The maximum absolute atomic E-state index is 3.42. The number of nitrogens with zero attached hydrogens (tertiary/aromatic N) is 2. The maximum atomic E-state index is 3.42. The third-order valence-electron chi connectivity index (χ3n) is 1.33. The van der Waals surface area contributed by atoms with Crippen molar-refractivity contribution >= 4 is 5.96 Å². The van der Waals surface area contributed by atoms with Gasteiger partial charge in [0.1, 0.15) is 0 Å². The Hall–Kier alpha value is -0.730. The van der Waals surface area contributed by atoms with Crippen LogP contribution in [0, 0.1) is 0 Å². The van der Waals surface area contributed by atoms with Crippen LogP contribution in [0.5, 0.6) is 0 Å². The van der Waals surface area contributed by atoms with E-state index >= 15 is 0 Å². The van der Waals surface area contributed by atoms with Crippen LogP contribution in [0.25, 0.3) is 0 Å². The molecule has 0 rings (SSSR count). The van der Waals surface area contributed by atoms with Gasteiger partial charge in [-0.1, -0.05) is 0 Å². The molecule has 0 aliphatic carbocycles. The van der Waals surface area contributed by atoms with E-state index in [4.69, 9.17) is 0 Å². The van der Waals surface area contributed by atoms with Crippen molar-refractivity contribution in [1.82, 2.24) is 10.2 Å². The molecule has 0 atom stereocenters. The van der Waals surface area contributed by atoms with Gasteiger partial charge >= 0.3 is 5.96 Å². The highest BCUT2D eigenvalue weighted by Gasteiger charge is 2.20. The normalized spacial score (nSPS) is 10.9. The topological polar surface area (TPSA) is 18.3 Å². The van der Waals surface area contributed by atoms with Crippen LogP contribution < -0.4 is 5.32 Å². The van der Waals surface area contributed by atoms with E-state index in [0.29, 0.717) is 0 Å². The number of hydrogen-bond donors (Lipinski definition) is 1. The summed E-state index contributed by atoms with van der Waals surface area (Å²) in [6, 6.07) is 0. The van der Waals surface area contributed by atoms with Crippen LogP contribution in [0.1, 0.15) is 20.8 Å². The first kappa shape index (κ1) is 11.3. The van der Waals surface area contributed by atoms with E-state index in [2.05, 4.69) is 35.6 Å². The highest BCUT2D eigenvalue weighted by molar-refractivity contribution is 5.75. The van der Waals surface area contributed by atoms with Gasteiger partial charge in [-0.05, 0) is 20.8 Å². The Bertz CT molecular complexity index is 171. The molecule has 0 heterocycles. The molecule has 0 saturated carbocycles. The van der Waals surface area contributed by atoms with E-state index < -0.39 is 0 Å². The summed E-state index contributed by atoms with van der Waals surface area (Å²) in [4.78, 5) is 2.07. The van der Waals surface area contributed by atoms with Crippen LogP contribution in [-0.2, 0) is 0 Å². The van der Waals surface area contributed by atoms with E-state index in [-0.39, 0.29) is 5.54 Å². The molecule has 0 aromatic carbocycles. The third kappa shape index (κ3) is 4.21. The largest absolute Gasteiger partial charge is 0.347 e. The van der Waals surface area contributed by atoms with Crippen molar-refractivity contribution in [3.63, 3.8) is 0 Å². The van der Waals surface area contributed by atoms with E-state index in [1.807, 2.05) is 28.2 Å². The van der Waals surface area contributed by atoms with Crippen molar-refractivity contribution in [2.75, 3.05) is 28.2 Å². The van der Waals surface area contributed by atoms with Gasteiger partial charge in [-0.15, -0.1) is 0 Å². The monoisotopic (exact) mass is 172 g/mol. The zero-order valence-electron chi connectivity index (χ0n) is 9.39. The van der Waals surface area contributed by atoms with Crippen molar-refractivity contribution in [3.8, 4) is 0 Å². The molecule has 0 aliphatic rings. The Kier molecular flexibility index (Phi) is 3.55. The van der Waals surface area contributed by atoms with Gasteiger partial charge in [-0.2, -0.15) is 0 Å². The second-order valence-corrected chi connectivity index (χ2v) is 4.49. The SMILES string of the molecule is CN(C)C(NC(C)(C)C)=[N+](C)C. The molecule has 0 unspecified atom stereocenters. The molecule has 0 fully saturated rings. The second kappa shape index (κ2) is 3.78. The van der Waals surface area contributed by atoms with E-state index in [1.54, 1.807) is 0 Å². The van der Waals surface area contributed by atoms with Gasteiger partial charge in [0.05, 0.1) is 33.7 Å². The zero-order chi connectivity index (χ0) is 9.94. The van der Waals surface area contributed by atoms with Crippen LogP contribution in [0.15, 0.2) is 0 Å². The van der Waals surface area contributed by atoms with Gasteiger partial charge in [0.15, 0.2) is 0 Å². The Morgan fingerprint density at radius 1 is 1.17 bits per heavy atom. The number of rotatable bonds is 0. The summed E-state index contributed by atoms with van der Waals surface area (Å²) in [6.07, 6.45) is 0. The third-order valence-corrected chi connectivity index (χ3v) is 1.33. The van der Waals surface area contributed by atoms with Crippen molar-refractivity contribution in [2.24, 2.45) is 0 Å². The fraction of sp³-hybridized carbons (Fsp3) is 0.889. The molecule has 1 N–H and O–H groups in total. The minimum atomic E-state index is 0.115. The Morgan fingerprint density at radius 3 is 1.67 bits per heavy atom. The first-order valence-corrected chi connectivity index (χ1v) is 4.24. The first-order chi connectivity index (χ1) is 5.24. The Morgan fingerprint density at radius 2 is 1.58 bits per heavy atom. The number of guanidine groups is 1. The molecule has 0 spiro atoms. The number of nitrogens with one attached hydrogen (secondary N) is 1. The van der Waals surface area contributed by atoms with E-state index in [9.17, 15) is 0 Å². The summed E-state index contributed by atoms with van der Waals surface area (Å²) in [6.45, 7) is 6.46. The molecule has 0 aromatic rings. The fourth-order valence-electron chi connectivity index (χ4n) is 0.959. The van der Waals surface area contributed by atoms with Crippen LogP contribution in [0.3, 0.4) is 0 Å². The Balaban J connectivity index is 4.49. The van der Waals surface area contributed by atoms with Gasteiger partial charge in [-0.25, -0.2) is 0 Å². The molecule has 0 bridgehead atoms. The smallest absolute Gasteiger partial charge is 0.273 e. The van der Waals surface area contributed by atoms with Crippen molar-refractivity contribution < 1.29 is 4.58 Å². The van der Waals surface area contributed by atoms with Gasteiger partial charge in [0.25, 0.3) is 0 Å². The highest BCUT2D eigenvalue weighted by atomic mass is 15.3. The van der Waals surface area contributed by atoms with Gasteiger partial charge in [-0.3, -0.25) is 14.8 Å². The lowest BCUT2D eigenvalue weighted by Gasteiger charge is -2.22. The summed E-state index contributed by atoms with van der Waals surface area (Å²) in [5, 5.41) is 3.42. The fourth-order valence-corrected chi connectivity index (χ4v) is 0.959. The molecule has 3 heteroatoms. The van der Waals surface area contributed by atoms with Crippen LogP contribution in [0.4, 0.5) is 0 Å². The summed E-state index contributed by atoms with van der Waals surface area (Å²) in [7, 11) is 8.14. The molecule has 0 radical (unpaired) electrons. The lowest BCUT2D eigenvalue weighted by molar-refractivity contribution is -0.472. The average Bonchev–Trinajstić information content (AvgIpc) is 1.79. The van der Waals surface area contributed by atoms with Crippen molar-refractivity contribution in [2.45, 2.75) is 26.3 Å². The summed E-state index contributed by atoms with van der Waals surface area (Å²) >= 11 is 0. The predicted molar refractivity (Wildman–Crippen MR) is 53.7 cm³/mol.